The number of piperazine rings is 1. The van der Waals surface area contributed by atoms with Gasteiger partial charge in [0.2, 0.25) is 5.91 Å². The predicted molar refractivity (Wildman–Crippen MR) is 105 cm³/mol. The minimum atomic E-state index is -0.228. The Morgan fingerprint density at radius 3 is 2.33 bits per heavy atom. The molecule has 1 aliphatic heterocycles. The Labute approximate surface area is 159 Å². The highest BCUT2D eigenvalue weighted by Gasteiger charge is 2.21. The van der Waals surface area contributed by atoms with E-state index >= 15 is 0 Å². The van der Waals surface area contributed by atoms with Crippen molar-refractivity contribution in [1.29, 1.82) is 0 Å². The van der Waals surface area contributed by atoms with E-state index < -0.39 is 0 Å². The van der Waals surface area contributed by atoms with Gasteiger partial charge in [-0.05, 0) is 24.3 Å². The Hall–Kier alpha value is -3.02. The van der Waals surface area contributed by atoms with Gasteiger partial charge in [0.15, 0.2) is 0 Å². The van der Waals surface area contributed by atoms with Crippen LogP contribution < -0.4 is 15.0 Å². The van der Waals surface area contributed by atoms with Gasteiger partial charge in [-0.2, -0.15) is 0 Å². The molecule has 0 bridgehead atoms. The van der Waals surface area contributed by atoms with Crippen molar-refractivity contribution in [3.63, 3.8) is 0 Å². The van der Waals surface area contributed by atoms with Crippen LogP contribution in [-0.4, -0.2) is 56.5 Å². The Bertz CT molecular complexity index is 771. The highest BCUT2D eigenvalue weighted by Crippen LogP contribution is 2.17. The molecule has 0 spiro atoms. The summed E-state index contributed by atoms with van der Waals surface area (Å²) in [5, 5.41) is 2.80. The number of nitrogens with zero attached hydrogens (tertiary/aromatic N) is 2. The summed E-state index contributed by atoms with van der Waals surface area (Å²) < 4.78 is 5.19. The highest BCUT2D eigenvalue weighted by atomic mass is 16.5. The topological polar surface area (TPSA) is 61.9 Å². The molecule has 6 nitrogen and oxygen atoms in total. The third-order valence-corrected chi connectivity index (χ3v) is 4.73. The second kappa shape index (κ2) is 9.07. The molecule has 27 heavy (non-hydrogen) atoms. The quantitative estimate of drug-likeness (QED) is 0.850. The zero-order valence-electron chi connectivity index (χ0n) is 15.6. The van der Waals surface area contributed by atoms with Crippen LogP contribution in [0.15, 0.2) is 54.6 Å². The maximum atomic E-state index is 12.4. The number of methoxy groups -OCH3 is 1. The van der Waals surface area contributed by atoms with E-state index in [1.54, 1.807) is 18.2 Å². The predicted octanol–water partition coefficient (Wildman–Crippen LogP) is 2.16. The van der Waals surface area contributed by atoms with Crippen LogP contribution in [0.2, 0.25) is 0 Å². The fraction of sp³-hybridized carbons (Fsp3) is 0.333. The molecular formula is C21H25N3O3. The number of hydrogen-bond donors (Lipinski definition) is 1. The molecule has 0 atom stereocenters. The Balaban J connectivity index is 1.43. The molecule has 3 rings (SSSR count). The van der Waals surface area contributed by atoms with E-state index in [9.17, 15) is 9.59 Å². The largest absolute Gasteiger partial charge is 0.496 e. The second-order valence-electron chi connectivity index (χ2n) is 6.41. The number of carbonyl (C=O) groups excluding carboxylic acids is 2. The molecule has 2 amide bonds. The van der Waals surface area contributed by atoms with Gasteiger partial charge in [-0.25, -0.2) is 0 Å². The summed E-state index contributed by atoms with van der Waals surface area (Å²) >= 11 is 0. The second-order valence-corrected chi connectivity index (χ2v) is 6.41. The van der Waals surface area contributed by atoms with Gasteiger partial charge in [-0.15, -0.1) is 0 Å². The lowest BCUT2D eigenvalue weighted by Crippen LogP contribution is -2.49. The van der Waals surface area contributed by atoms with E-state index in [1.165, 1.54) is 12.8 Å². The summed E-state index contributed by atoms with van der Waals surface area (Å²) in [6.07, 6.45) is 0.298. The van der Waals surface area contributed by atoms with Gasteiger partial charge >= 0.3 is 0 Å². The summed E-state index contributed by atoms with van der Waals surface area (Å²) in [6.45, 7) is 3.36. The zero-order chi connectivity index (χ0) is 19.1. The van der Waals surface area contributed by atoms with E-state index in [0.717, 1.165) is 13.1 Å². The van der Waals surface area contributed by atoms with Crippen molar-refractivity contribution in [1.82, 2.24) is 10.2 Å². The highest BCUT2D eigenvalue weighted by molar-refractivity contribution is 5.97. The van der Waals surface area contributed by atoms with Crippen LogP contribution in [0.1, 0.15) is 16.8 Å². The van der Waals surface area contributed by atoms with Crippen LogP contribution in [0.5, 0.6) is 5.75 Å². The third-order valence-electron chi connectivity index (χ3n) is 4.73. The first-order valence-corrected chi connectivity index (χ1v) is 9.18. The van der Waals surface area contributed by atoms with Gasteiger partial charge in [-0.1, -0.05) is 30.3 Å². The van der Waals surface area contributed by atoms with Crippen molar-refractivity contribution in [3.8, 4) is 5.75 Å². The molecule has 1 fully saturated rings. The molecule has 0 aliphatic carbocycles. The minimum absolute atomic E-state index is 0.0723. The number of benzene rings is 2. The van der Waals surface area contributed by atoms with E-state index in [0.29, 0.717) is 37.4 Å². The summed E-state index contributed by atoms with van der Waals surface area (Å²) in [4.78, 5) is 28.8. The van der Waals surface area contributed by atoms with Crippen LogP contribution in [0.25, 0.3) is 0 Å². The zero-order valence-corrected chi connectivity index (χ0v) is 15.6. The van der Waals surface area contributed by atoms with Crippen molar-refractivity contribution in [3.05, 3.63) is 60.2 Å². The first kappa shape index (κ1) is 18.8. The van der Waals surface area contributed by atoms with Gasteiger partial charge in [0.1, 0.15) is 5.75 Å². The molecule has 142 valence electrons. The maximum absolute atomic E-state index is 12.4. The molecule has 1 heterocycles. The molecule has 0 aromatic heterocycles. The normalized spacial score (nSPS) is 14.0. The van der Waals surface area contributed by atoms with Crippen molar-refractivity contribution < 1.29 is 14.3 Å². The van der Waals surface area contributed by atoms with E-state index in [1.807, 2.05) is 29.2 Å². The van der Waals surface area contributed by atoms with E-state index in [2.05, 4.69) is 22.3 Å². The van der Waals surface area contributed by atoms with Gasteiger partial charge in [0.25, 0.3) is 5.91 Å². The van der Waals surface area contributed by atoms with E-state index in [-0.39, 0.29) is 11.8 Å². The lowest BCUT2D eigenvalue weighted by atomic mass is 10.2. The van der Waals surface area contributed by atoms with Gasteiger partial charge in [0, 0.05) is 44.8 Å². The molecule has 2 aromatic carbocycles. The molecule has 2 aromatic rings. The Morgan fingerprint density at radius 2 is 1.63 bits per heavy atom. The number of para-hydroxylation sites is 2. The molecule has 0 radical (unpaired) electrons. The Kier molecular flexibility index (Phi) is 6.30. The molecule has 0 unspecified atom stereocenters. The molecule has 1 N–H and O–H groups in total. The molecular weight excluding hydrogens is 342 g/mol. The van der Waals surface area contributed by atoms with Crippen LogP contribution in [0, 0.1) is 0 Å². The number of anilines is 1. The summed E-state index contributed by atoms with van der Waals surface area (Å²) in [5.41, 5.74) is 1.66. The Morgan fingerprint density at radius 1 is 0.963 bits per heavy atom. The SMILES string of the molecule is COc1ccccc1C(=O)NCCC(=O)N1CCN(c2ccccc2)CC1. The fourth-order valence-corrected chi connectivity index (χ4v) is 3.22. The lowest BCUT2D eigenvalue weighted by Gasteiger charge is -2.36. The molecule has 1 saturated heterocycles. The van der Waals surface area contributed by atoms with Crippen molar-refractivity contribution >= 4 is 17.5 Å². The number of hydrogen-bond acceptors (Lipinski definition) is 4. The maximum Gasteiger partial charge on any atom is 0.255 e. The lowest BCUT2D eigenvalue weighted by molar-refractivity contribution is -0.131. The standard InChI is InChI=1S/C21H25N3O3/c1-27-19-10-6-5-9-18(19)21(26)22-12-11-20(25)24-15-13-23(14-16-24)17-7-3-2-4-8-17/h2-10H,11-16H2,1H3,(H,22,26). The number of nitrogens with one attached hydrogen (secondary N) is 1. The van der Waals surface area contributed by atoms with E-state index in [4.69, 9.17) is 4.74 Å². The number of rotatable bonds is 6. The monoisotopic (exact) mass is 367 g/mol. The summed E-state index contributed by atoms with van der Waals surface area (Å²) in [6, 6.07) is 17.3. The summed E-state index contributed by atoms with van der Waals surface area (Å²) in [7, 11) is 1.53. The third kappa shape index (κ3) is 4.78. The number of amides is 2. The number of ether oxygens (including phenoxy) is 1. The van der Waals surface area contributed by atoms with Crippen LogP contribution >= 0.6 is 0 Å². The van der Waals surface area contributed by atoms with Crippen molar-refractivity contribution in [2.24, 2.45) is 0 Å². The first-order valence-electron chi connectivity index (χ1n) is 9.18. The van der Waals surface area contributed by atoms with Crippen molar-refractivity contribution in [2.75, 3.05) is 44.7 Å². The molecule has 1 aliphatic rings. The summed E-state index contributed by atoms with van der Waals surface area (Å²) in [5.74, 6) is 0.371. The van der Waals surface area contributed by atoms with Crippen LogP contribution in [0.4, 0.5) is 5.69 Å². The molecule has 6 heteroatoms. The van der Waals surface area contributed by atoms with Gasteiger partial charge in [0.05, 0.1) is 12.7 Å². The van der Waals surface area contributed by atoms with Gasteiger partial charge < -0.3 is 19.9 Å². The van der Waals surface area contributed by atoms with Crippen LogP contribution in [-0.2, 0) is 4.79 Å². The smallest absolute Gasteiger partial charge is 0.255 e. The fourth-order valence-electron chi connectivity index (χ4n) is 3.22. The minimum Gasteiger partial charge on any atom is -0.496 e. The van der Waals surface area contributed by atoms with Crippen molar-refractivity contribution in [2.45, 2.75) is 6.42 Å². The van der Waals surface area contributed by atoms with Crippen LogP contribution in [0.3, 0.4) is 0 Å². The average molecular weight is 367 g/mol. The number of carbonyl (C=O) groups is 2. The average Bonchev–Trinajstić information content (AvgIpc) is 2.74. The molecule has 0 saturated carbocycles. The van der Waals surface area contributed by atoms with Gasteiger partial charge in [-0.3, -0.25) is 9.59 Å². The first-order chi connectivity index (χ1) is 13.2.